The van der Waals surface area contributed by atoms with Gasteiger partial charge in [-0.15, -0.1) is 0 Å². The predicted octanol–water partition coefficient (Wildman–Crippen LogP) is 3.92. The Bertz CT molecular complexity index is 834. The number of aryl methyl sites for hydroxylation is 1. The van der Waals surface area contributed by atoms with Gasteiger partial charge in [0.2, 0.25) is 5.88 Å². The van der Waals surface area contributed by atoms with Crippen LogP contribution in [0.25, 0.3) is 12.2 Å². The standard InChI is InChI=1S/C20H23N3O2/c1-2-17-18(10-9-16-7-4-3-5-8-16)23(20(25)19(17)24)13-6-12-22-14-11-21-15-22/h3-5,7-11,14-15,24-25H,2,6,12-13H2,1H3. The molecule has 3 rings (SSSR count). The molecule has 1 aromatic carbocycles. The van der Waals surface area contributed by atoms with Crippen LogP contribution in [0.1, 0.15) is 30.2 Å². The van der Waals surface area contributed by atoms with Crippen molar-refractivity contribution in [1.29, 1.82) is 0 Å². The van der Waals surface area contributed by atoms with E-state index in [0.717, 1.165) is 29.8 Å². The van der Waals surface area contributed by atoms with Crippen molar-refractivity contribution in [3.63, 3.8) is 0 Å². The third-order valence-electron chi connectivity index (χ3n) is 4.30. The molecule has 2 heterocycles. The summed E-state index contributed by atoms with van der Waals surface area (Å²) in [6, 6.07) is 9.99. The molecule has 3 aromatic rings. The molecule has 2 N–H and O–H groups in total. The van der Waals surface area contributed by atoms with Gasteiger partial charge in [-0.2, -0.15) is 0 Å². The zero-order valence-corrected chi connectivity index (χ0v) is 14.3. The molecule has 0 aliphatic carbocycles. The first-order valence-corrected chi connectivity index (χ1v) is 8.53. The Labute approximate surface area is 147 Å². The third kappa shape index (κ3) is 3.76. The van der Waals surface area contributed by atoms with Crippen molar-refractivity contribution in [3.05, 3.63) is 65.9 Å². The van der Waals surface area contributed by atoms with Crippen LogP contribution in [0.5, 0.6) is 11.6 Å². The van der Waals surface area contributed by atoms with Gasteiger partial charge in [0.25, 0.3) is 0 Å². The van der Waals surface area contributed by atoms with Gasteiger partial charge in [-0.3, -0.25) is 0 Å². The Balaban J connectivity index is 1.84. The number of imidazole rings is 1. The van der Waals surface area contributed by atoms with Gasteiger partial charge >= 0.3 is 0 Å². The predicted molar refractivity (Wildman–Crippen MR) is 99.4 cm³/mol. The Morgan fingerprint density at radius 3 is 2.56 bits per heavy atom. The summed E-state index contributed by atoms with van der Waals surface area (Å²) in [4.78, 5) is 4.03. The van der Waals surface area contributed by atoms with Crippen LogP contribution < -0.4 is 0 Å². The fraction of sp³-hybridized carbons (Fsp3) is 0.250. The van der Waals surface area contributed by atoms with Crippen LogP contribution in [0.2, 0.25) is 0 Å². The van der Waals surface area contributed by atoms with E-state index in [4.69, 9.17) is 0 Å². The van der Waals surface area contributed by atoms with E-state index in [1.54, 1.807) is 17.1 Å². The number of hydrogen-bond donors (Lipinski definition) is 2. The van der Waals surface area contributed by atoms with E-state index in [9.17, 15) is 10.2 Å². The molecule has 0 radical (unpaired) electrons. The normalized spacial score (nSPS) is 11.4. The Hall–Kier alpha value is -2.95. The van der Waals surface area contributed by atoms with Crippen LogP contribution >= 0.6 is 0 Å². The van der Waals surface area contributed by atoms with Crippen molar-refractivity contribution in [1.82, 2.24) is 14.1 Å². The average Bonchev–Trinajstić information content (AvgIpc) is 3.23. The van der Waals surface area contributed by atoms with Crippen molar-refractivity contribution in [2.24, 2.45) is 0 Å². The van der Waals surface area contributed by atoms with E-state index in [1.165, 1.54) is 0 Å². The largest absolute Gasteiger partial charge is 0.503 e. The molecule has 5 heteroatoms. The van der Waals surface area contributed by atoms with Gasteiger partial charge in [-0.05, 0) is 24.5 Å². The maximum Gasteiger partial charge on any atom is 0.235 e. The molecule has 130 valence electrons. The number of nitrogens with zero attached hydrogens (tertiary/aromatic N) is 3. The fourth-order valence-corrected chi connectivity index (χ4v) is 3.00. The zero-order chi connectivity index (χ0) is 17.6. The molecule has 0 spiro atoms. The van der Waals surface area contributed by atoms with Gasteiger partial charge in [0.1, 0.15) is 0 Å². The van der Waals surface area contributed by atoms with Crippen molar-refractivity contribution in [2.45, 2.75) is 32.9 Å². The molecule has 5 nitrogen and oxygen atoms in total. The number of rotatable bonds is 7. The second-order valence-electron chi connectivity index (χ2n) is 5.94. The van der Waals surface area contributed by atoms with Crippen LogP contribution in [0.3, 0.4) is 0 Å². The number of hydrogen-bond acceptors (Lipinski definition) is 3. The van der Waals surface area contributed by atoms with E-state index in [-0.39, 0.29) is 11.6 Å². The van der Waals surface area contributed by atoms with Crippen molar-refractivity contribution in [3.8, 4) is 11.6 Å². The summed E-state index contributed by atoms with van der Waals surface area (Å²) in [5, 5.41) is 20.6. The summed E-state index contributed by atoms with van der Waals surface area (Å²) in [6.45, 7) is 3.40. The first-order chi connectivity index (χ1) is 12.2. The van der Waals surface area contributed by atoms with E-state index in [2.05, 4.69) is 4.98 Å². The summed E-state index contributed by atoms with van der Waals surface area (Å²) < 4.78 is 3.78. The van der Waals surface area contributed by atoms with E-state index in [1.807, 2.05) is 60.2 Å². The minimum atomic E-state index is -0.0600. The van der Waals surface area contributed by atoms with Gasteiger partial charge in [-0.25, -0.2) is 4.98 Å². The Kier molecular flexibility index (Phi) is 5.23. The molecule has 2 aromatic heterocycles. The molecular weight excluding hydrogens is 314 g/mol. The molecule has 0 bridgehead atoms. The molecule has 0 unspecified atom stereocenters. The Morgan fingerprint density at radius 2 is 1.88 bits per heavy atom. The fourth-order valence-electron chi connectivity index (χ4n) is 3.00. The third-order valence-corrected chi connectivity index (χ3v) is 4.30. The first-order valence-electron chi connectivity index (χ1n) is 8.53. The molecule has 0 aliphatic rings. The molecule has 0 atom stereocenters. The van der Waals surface area contributed by atoms with Crippen LogP contribution in [-0.4, -0.2) is 24.3 Å². The molecule has 0 fully saturated rings. The Morgan fingerprint density at radius 1 is 1.08 bits per heavy atom. The summed E-state index contributed by atoms with van der Waals surface area (Å²) in [6.07, 6.45) is 10.9. The maximum absolute atomic E-state index is 10.3. The van der Waals surface area contributed by atoms with Crippen LogP contribution in [0, 0.1) is 0 Å². The SMILES string of the molecule is CCc1c(O)c(O)n(CCCn2ccnc2)c1C=Cc1ccccc1. The average molecular weight is 337 g/mol. The molecule has 0 saturated carbocycles. The highest BCUT2D eigenvalue weighted by molar-refractivity contribution is 5.72. The number of benzene rings is 1. The zero-order valence-electron chi connectivity index (χ0n) is 14.3. The van der Waals surface area contributed by atoms with E-state index in [0.29, 0.717) is 13.0 Å². The second-order valence-corrected chi connectivity index (χ2v) is 5.94. The first kappa shape index (κ1) is 16.9. The summed E-state index contributed by atoms with van der Waals surface area (Å²) in [7, 11) is 0. The lowest BCUT2D eigenvalue weighted by atomic mass is 10.1. The van der Waals surface area contributed by atoms with Gasteiger partial charge in [0, 0.05) is 31.0 Å². The minimum Gasteiger partial charge on any atom is -0.503 e. The monoisotopic (exact) mass is 337 g/mol. The molecule has 0 aliphatic heterocycles. The highest BCUT2D eigenvalue weighted by Gasteiger charge is 2.19. The number of aromatic nitrogens is 3. The molecular formula is C20H23N3O2. The lowest BCUT2D eigenvalue weighted by molar-refractivity contribution is 0.366. The van der Waals surface area contributed by atoms with Crippen molar-refractivity contribution < 1.29 is 10.2 Å². The topological polar surface area (TPSA) is 63.2 Å². The minimum absolute atomic E-state index is 0.0159. The van der Waals surface area contributed by atoms with Crippen LogP contribution in [0.15, 0.2) is 49.1 Å². The maximum atomic E-state index is 10.3. The van der Waals surface area contributed by atoms with Gasteiger partial charge < -0.3 is 19.3 Å². The summed E-state index contributed by atoms with van der Waals surface area (Å²) in [5.74, 6) is -0.0759. The van der Waals surface area contributed by atoms with Gasteiger partial charge in [0.05, 0.1) is 12.0 Å². The molecule has 0 saturated heterocycles. The lowest BCUT2D eigenvalue weighted by Crippen LogP contribution is -2.04. The van der Waals surface area contributed by atoms with E-state index >= 15 is 0 Å². The highest BCUT2D eigenvalue weighted by Crippen LogP contribution is 2.36. The number of aromatic hydroxyl groups is 2. The molecule has 25 heavy (non-hydrogen) atoms. The second kappa shape index (κ2) is 7.75. The summed E-state index contributed by atoms with van der Waals surface area (Å²) in [5.41, 5.74) is 2.70. The quantitative estimate of drug-likeness (QED) is 0.687. The van der Waals surface area contributed by atoms with Gasteiger partial charge in [-0.1, -0.05) is 43.3 Å². The smallest absolute Gasteiger partial charge is 0.235 e. The van der Waals surface area contributed by atoms with Crippen LogP contribution in [-0.2, 0) is 19.5 Å². The lowest BCUT2D eigenvalue weighted by Gasteiger charge is -2.09. The van der Waals surface area contributed by atoms with Crippen molar-refractivity contribution in [2.75, 3.05) is 0 Å². The van der Waals surface area contributed by atoms with Crippen LogP contribution in [0.4, 0.5) is 0 Å². The highest BCUT2D eigenvalue weighted by atomic mass is 16.3. The van der Waals surface area contributed by atoms with Crippen molar-refractivity contribution >= 4 is 12.2 Å². The molecule has 0 amide bonds. The van der Waals surface area contributed by atoms with E-state index < -0.39 is 0 Å². The van der Waals surface area contributed by atoms with Gasteiger partial charge in [0.15, 0.2) is 5.75 Å². The summed E-state index contributed by atoms with van der Waals surface area (Å²) >= 11 is 0.